The van der Waals surface area contributed by atoms with Gasteiger partial charge in [-0.1, -0.05) is 25.4 Å². The van der Waals surface area contributed by atoms with E-state index in [9.17, 15) is 8.42 Å². The van der Waals surface area contributed by atoms with Gasteiger partial charge in [-0.3, -0.25) is 4.68 Å². The predicted molar refractivity (Wildman–Crippen MR) is 82.9 cm³/mol. The molecule has 2 unspecified atom stereocenters. The molecule has 7 heteroatoms. The van der Waals surface area contributed by atoms with E-state index in [1.807, 2.05) is 13.8 Å². The van der Waals surface area contributed by atoms with E-state index in [4.69, 9.17) is 11.6 Å². The first-order valence-electron chi connectivity index (χ1n) is 6.96. The minimum Gasteiger partial charge on any atom is -0.308 e. The Labute approximate surface area is 126 Å². The maximum absolute atomic E-state index is 11.9. The highest BCUT2D eigenvalue weighted by Gasteiger charge is 2.31. The van der Waals surface area contributed by atoms with Crippen molar-refractivity contribution in [3.05, 3.63) is 16.9 Å². The van der Waals surface area contributed by atoms with E-state index in [0.29, 0.717) is 5.02 Å². The van der Waals surface area contributed by atoms with Crippen LogP contribution in [0.5, 0.6) is 0 Å². The molecule has 2 atom stereocenters. The minimum absolute atomic E-state index is 0.341. The van der Waals surface area contributed by atoms with Crippen molar-refractivity contribution < 1.29 is 8.42 Å². The smallest absolute Gasteiger partial charge is 0.151 e. The Morgan fingerprint density at radius 3 is 2.55 bits per heavy atom. The summed E-state index contributed by atoms with van der Waals surface area (Å²) < 4.78 is 25.6. The highest BCUT2D eigenvalue weighted by molar-refractivity contribution is 7.91. The lowest BCUT2D eigenvalue weighted by molar-refractivity contribution is 0.455. The molecule has 0 aliphatic carbocycles. The number of aryl methyl sites for hydroxylation is 1. The number of aromatic nitrogens is 2. The Kier molecular flexibility index (Phi) is 6.48. The molecule has 0 radical (unpaired) electrons. The molecule has 20 heavy (non-hydrogen) atoms. The zero-order chi connectivity index (χ0) is 15.3. The summed E-state index contributed by atoms with van der Waals surface area (Å²) in [5.74, 6) is 0. The van der Waals surface area contributed by atoms with Gasteiger partial charge in [0.25, 0.3) is 0 Å². The standard InChI is InChI=1S/C13H24ClN3O2S/c1-5-7-15-12(10(3)20(4,18)19)13-11(14)9-16-17(13)8-6-2/h9-10,12,15H,5-8H2,1-4H3. The van der Waals surface area contributed by atoms with Gasteiger partial charge in [0.2, 0.25) is 0 Å². The van der Waals surface area contributed by atoms with Gasteiger partial charge in [-0.25, -0.2) is 8.42 Å². The lowest BCUT2D eigenvalue weighted by atomic mass is 10.1. The van der Waals surface area contributed by atoms with E-state index < -0.39 is 15.1 Å². The van der Waals surface area contributed by atoms with Gasteiger partial charge < -0.3 is 5.32 Å². The molecule has 0 aromatic carbocycles. The second-order valence-corrected chi connectivity index (χ2v) is 7.88. The molecular formula is C13H24ClN3O2S. The topological polar surface area (TPSA) is 64.0 Å². The van der Waals surface area contributed by atoms with Gasteiger partial charge >= 0.3 is 0 Å². The molecule has 1 aromatic heterocycles. The van der Waals surface area contributed by atoms with Crippen LogP contribution in [-0.4, -0.2) is 36.2 Å². The molecule has 0 fully saturated rings. The average Bonchev–Trinajstić information content (AvgIpc) is 2.71. The van der Waals surface area contributed by atoms with Crippen LogP contribution in [0.1, 0.15) is 45.3 Å². The van der Waals surface area contributed by atoms with Crippen molar-refractivity contribution in [3.63, 3.8) is 0 Å². The summed E-state index contributed by atoms with van der Waals surface area (Å²) in [4.78, 5) is 0. The number of sulfone groups is 1. The Balaban J connectivity index is 3.19. The first-order chi connectivity index (χ1) is 9.32. The molecule has 0 spiro atoms. The molecule has 0 saturated heterocycles. The third kappa shape index (κ3) is 4.20. The van der Waals surface area contributed by atoms with Crippen LogP contribution in [0.3, 0.4) is 0 Å². The molecule has 1 aromatic rings. The second-order valence-electron chi connectivity index (χ2n) is 5.07. The average molecular weight is 322 g/mol. The molecule has 116 valence electrons. The zero-order valence-corrected chi connectivity index (χ0v) is 14.1. The number of nitrogens with one attached hydrogen (secondary N) is 1. The van der Waals surface area contributed by atoms with Crippen LogP contribution in [0.15, 0.2) is 6.20 Å². The van der Waals surface area contributed by atoms with Crippen LogP contribution < -0.4 is 5.32 Å². The third-order valence-electron chi connectivity index (χ3n) is 3.32. The van der Waals surface area contributed by atoms with Crippen molar-refractivity contribution in [3.8, 4) is 0 Å². The Hall–Kier alpha value is -0.590. The Morgan fingerprint density at radius 2 is 2.05 bits per heavy atom. The second kappa shape index (κ2) is 7.43. The summed E-state index contributed by atoms with van der Waals surface area (Å²) in [5, 5.41) is 7.50. The van der Waals surface area contributed by atoms with Crippen molar-refractivity contribution in [2.75, 3.05) is 12.8 Å². The molecule has 5 nitrogen and oxygen atoms in total. The third-order valence-corrected chi connectivity index (χ3v) is 5.24. The van der Waals surface area contributed by atoms with Gasteiger partial charge in [0, 0.05) is 12.8 Å². The fourth-order valence-electron chi connectivity index (χ4n) is 2.10. The van der Waals surface area contributed by atoms with Crippen molar-refractivity contribution in [1.29, 1.82) is 0 Å². The minimum atomic E-state index is -3.17. The van der Waals surface area contributed by atoms with Gasteiger partial charge in [0.1, 0.15) is 0 Å². The van der Waals surface area contributed by atoms with Crippen molar-refractivity contribution in [2.24, 2.45) is 0 Å². The molecule has 0 amide bonds. The number of rotatable bonds is 8. The monoisotopic (exact) mass is 321 g/mol. The molecule has 0 saturated carbocycles. The largest absolute Gasteiger partial charge is 0.308 e. The summed E-state index contributed by atoms with van der Waals surface area (Å²) in [7, 11) is -3.17. The number of hydrogen-bond acceptors (Lipinski definition) is 4. The van der Waals surface area contributed by atoms with E-state index in [1.165, 1.54) is 6.26 Å². The first kappa shape index (κ1) is 17.5. The Bertz CT molecular complexity index is 528. The van der Waals surface area contributed by atoms with Crippen molar-refractivity contribution in [1.82, 2.24) is 15.1 Å². The highest BCUT2D eigenvalue weighted by atomic mass is 35.5. The van der Waals surface area contributed by atoms with E-state index in [1.54, 1.807) is 17.8 Å². The summed E-state index contributed by atoms with van der Waals surface area (Å²) >= 11 is 6.23. The number of nitrogens with zero attached hydrogens (tertiary/aromatic N) is 2. The molecule has 0 bridgehead atoms. The van der Waals surface area contributed by atoms with Gasteiger partial charge in [0.15, 0.2) is 9.84 Å². The fraction of sp³-hybridized carbons (Fsp3) is 0.769. The number of halogens is 1. The maximum atomic E-state index is 11.9. The molecule has 1 rings (SSSR count). The number of hydrogen-bond donors (Lipinski definition) is 1. The van der Waals surface area contributed by atoms with Crippen LogP contribution in [0.25, 0.3) is 0 Å². The van der Waals surface area contributed by atoms with Crippen LogP contribution in [0.2, 0.25) is 5.02 Å². The van der Waals surface area contributed by atoms with E-state index in [2.05, 4.69) is 10.4 Å². The SMILES string of the molecule is CCCNC(c1c(Cl)cnn1CCC)C(C)S(C)(=O)=O. The van der Waals surface area contributed by atoms with E-state index in [-0.39, 0.29) is 6.04 Å². The summed E-state index contributed by atoms with van der Waals surface area (Å²) in [6, 6.07) is -0.341. The van der Waals surface area contributed by atoms with Crippen LogP contribution in [-0.2, 0) is 16.4 Å². The summed E-state index contributed by atoms with van der Waals surface area (Å²) in [5.41, 5.74) is 0.764. The van der Waals surface area contributed by atoms with Crippen LogP contribution in [0, 0.1) is 0 Å². The summed E-state index contributed by atoms with van der Waals surface area (Å²) in [6.07, 6.45) is 4.68. The highest BCUT2D eigenvalue weighted by Crippen LogP contribution is 2.28. The normalized spacial score (nSPS) is 15.2. The lowest BCUT2D eigenvalue weighted by Crippen LogP contribution is -2.37. The van der Waals surface area contributed by atoms with E-state index >= 15 is 0 Å². The van der Waals surface area contributed by atoms with Crippen LogP contribution in [0.4, 0.5) is 0 Å². The maximum Gasteiger partial charge on any atom is 0.151 e. The van der Waals surface area contributed by atoms with Gasteiger partial charge in [-0.2, -0.15) is 5.10 Å². The predicted octanol–water partition coefficient (Wildman–Crippen LogP) is 2.42. The molecule has 0 aliphatic heterocycles. The molecule has 0 aliphatic rings. The fourth-order valence-corrected chi connectivity index (χ4v) is 3.08. The van der Waals surface area contributed by atoms with Gasteiger partial charge in [-0.05, 0) is 26.3 Å². The van der Waals surface area contributed by atoms with Crippen molar-refractivity contribution in [2.45, 2.75) is 51.4 Å². The quantitative estimate of drug-likeness (QED) is 0.798. The molecule has 1 N–H and O–H groups in total. The van der Waals surface area contributed by atoms with Gasteiger partial charge in [-0.15, -0.1) is 0 Å². The first-order valence-corrected chi connectivity index (χ1v) is 9.29. The van der Waals surface area contributed by atoms with Gasteiger partial charge in [0.05, 0.1) is 28.2 Å². The lowest BCUT2D eigenvalue weighted by Gasteiger charge is -2.25. The zero-order valence-electron chi connectivity index (χ0n) is 12.6. The Morgan fingerprint density at radius 1 is 1.40 bits per heavy atom. The summed E-state index contributed by atoms with van der Waals surface area (Å²) in [6.45, 7) is 7.26. The van der Waals surface area contributed by atoms with Crippen molar-refractivity contribution >= 4 is 21.4 Å². The van der Waals surface area contributed by atoms with Crippen LogP contribution >= 0.6 is 11.6 Å². The molecular weight excluding hydrogens is 298 g/mol. The van der Waals surface area contributed by atoms with E-state index in [0.717, 1.165) is 31.6 Å². The molecule has 1 heterocycles.